The van der Waals surface area contributed by atoms with E-state index >= 15 is 0 Å². The van der Waals surface area contributed by atoms with E-state index in [-0.39, 0.29) is 18.2 Å². The molecular formula is C13H16N2O4. The van der Waals surface area contributed by atoms with Crippen molar-refractivity contribution in [2.45, 2.75) is 25.8 Å². The number of nitrogens with zero attached hydrogens (tertiary/aromatic N) is 1. The minimum Gasteiger partial charge on any atom is -0.478 e. The van der Waals surface area contributed by atoms with E-state index < -0.39 is 5.97 Å². The van der Waals surface area contributed by atoms with Gasteiger partial charge in [-0.3, -0.25) is 0 Å². The molecule has 102 valence electrons. The van der Waals surface area contributed by atoms with Crippen LogP contribution in [0.5, 0.6) is 0 Å². The Morgan fingerprint density at radius 3 is 3.00 bits per heavy atom. The van der Waals surface area contributed by atoms with Crippen LogP contribution in [0.4, 0.5) is 6.01 Å². The first kappa shape index (κ1) is 13.4. The van der Waals surface area contributed by atoms with Crippen molar-refractivity contribution < 1.29 is 19.4 Å². The summed E-state index contributed by atoms with van der Waals surface area (Å²) in [7, 11) is 0. The third-order valence-corrected chi connectivity index (χ3v) is 2.80. The fraction of sp³-hybridized carbons (Fsp3) is 0.385. The predicted octanol–water partition coefficient (Wildman–Crippen LogP) is 2.10. The molecule has 6 nitrogen and oxygen atoms in total. The summed E-state index contributed by atoms with van der Waals surface area (Å²) in [5.74, 6) is -0.996. The Morgan fingerprint density at radius 2 is 2.32 bits per heavy atom. The highest BCUT2D eigenvalue weighted by Gasteiger charge is 2.11. The van der Waals surface area contributed by atoms with Crippen LogP contribution in [-0.2, 0) is 0 Å². The van der Waals surface area contributed by atoms with Gasteiger partial charge in [0.1, 0.15) is 5.52 Å². The Hall–Kier alpha value is -2.08. The quantitative estimate of drug-likeness (QED) is 0.739. The van der Waals surface area contributed by atoms with Crippen LogP contribution in [0.3, 0.4) is 0 Å². The number of carboxylic acids is 1. The van der Waals surface area contributed by atoms with E-state index in [0.717, 1.165) is 6.42 Å². The second-order valence-electron chi connectivity index (χ2n) is 4.42. The first-order valence-corrected chi connectivity index (χ1v) is 6.11. The number of hydrogen-bond acceptors (Lipinski definition) is 5. The van der Waals surface area contributed by atoms with Crippen LogP contribution in [0.2, 0.25) is 0 Å². The second-order valence-corrected chi connectivity index (χ2v) is 4.42. The van der Waals surface area contributed by atoms with Crippen molar-refractivity contribution in [1.29, 1.82) is 0 Å². The van der Waals surface area contributed by atoms with Crippen LogP contribution in [0.1, 0.15) is 30.1 Å². The van der Waals surface area contributed by atoms with Crippen molar-refractivity contribution in [3.05, 3.63) is 23.8 Å². The summed E-state index contributed by atoms with van der Waals surface area (Å²) in [6.07, 6.45) is 1.51. The van der Waals surface area contributed by atoms with Crippen molar-refractivity contribution in [3.8, 4) is 0 Å². The number of anilines is 1. The molecule has 19 heavy (non-hydrogen) atoms. The Bertz CT molecular complexity index is 579. The molecule has 1 unspecified atom stereocenters. The number of hydrogen-bond donors (Lipinski definition) is 3. The van der Waals surface area contributed by atoms with Gasteiger partial charge in [-0.15, -0.1) is 0 Å². The number of carbonyl (C=O) groups is 1. The molecule has 0 aliphatic carbocycles. The van der Waals surface area contributed by atoms with E-state index in [1.807, 2.05) is 6.92 Å². The van der Waals surface area contributed by atoms with E-state index in [2.05, 4.69) is 10.3 Å². The molecule has 2 rings (SSSR count). The summed E-state index contributed by atoms with van der Waals surface area (Å²) in [5.41, 5.74) is 1.22. The Morgan fingerprint density at radius 1 is 1.53 bits per heavy atom. The zero-order chi connectivity index (χ0) is 13.8. The number of rotatable bonds is 6. The third kappa shape index (κ3) is 3.23. The zero-order valence-corrected chi connectivity index (χ0v) is 10.6. The lowest BCUT2D eigenvalue weighted by molar-refractivity contribution is 0.0697. The predicted molar refractivity (Wildman–Crippen MR) is 70.4 cm³/mol. The van der Waals surface area contributed by atoms with Gasteiger partial charge in [0.15, 0.2) is 5.58 Å². The zero-order valence-electron chi connectivity index (χ0n) is 10.6. The maximum Gasteiger partial charge on any atom is 0.335 e. The number of oxazole rings is 1. The maximum absolute atomic E-state index is 10.8. The van der Waals surface area contributed by atoms with Crippen LogP contribution >= 0.6 is 0 Å². The van der Waals surface area contributed by atoms with Gasteiger partial charge in [0.2, 0.25) is 0 Å². The number of carboxylic acid groups (broad SMARTS) is 1. The minimum atomic E-state index is -0.996. The van der Waals surface area contributed by atoms with Crippen LogP contribution in [0.25, 0.3) is 11.1 Å². The molecule has 0 bridgehead atoms. The molecule has 2 aromatic rings. The SMILES string of the molecule is CC(CCCO)Nc1nc2ccc(C(=O)O)cc2o1. The second kappa shape index (κ2) is 5.71. The van der Waals surface area contributed by atoms with Crippen LogP contribution < -0.4 is 5.32 Å². The fourth-order valence-electron chi connectivity index (χ4n) is 1.80. The molecule has 0 fully saturated rings. The van der Waals surface area contributed by atoms with Crippen molar-refractivity contribution >= 4 is 23.1 Å². The molecule has 0 aliphatic rings. The highest BCUT2D eigenvalue weighted by molar-refractivity contribution is 5.92. The van der Waals surface area contributed by atoms with Gasteiger partial charge in [-0.1, -0.05) is 0 Å². The highest BCUT2D eigenvalue weighted by Crippen LogP contribution is 2.21. The molecule has 1 atom stereocenters. The molecule has 3 N–H and O–H groups in total. The average Bonchev–Trinajstić information content (AvgIpc) is 2.77. The first-order valence-electron chi connectivity index (χ1n) is 6.11. The van der Waals surface area contributed by atoms with Crippen LogP contribution in [0.15, 0.2) is 22.6 Å². The van der Waals surface area contributed by atoms with Crippen LogP contribution in [-0.4, -0.2) is 33.8 Å². The molecule has 0 amide bonds. The lowest BCUT2D eigenvalue weighted by Crippen LogP contribution is -2.15. The van der Waals surface area contributed by atoms with Crippen molar-refractivity contribution in [2.24, 2.45) is 0 Å². The number of aromatic carboxylic acids is 1. The molecule has 0 saturated carbocycles. The van der Waals surface area contributed by atoms with Gasteiger partial charge in [0.25, 0.3) is 6.01 Å². The molecular weight excluding hydrogens is 248 g/mol. The Labute approximate surface area is 110 Å². The smallest absolute Gasteiger partial charge is 0.335 e. The van der Waals surface area contributed by atoms with Gasteiger partial charge in [-0.2, -0.15) is 4.98 Å². The van der Waals surface area contributed by atoms with Gasteiger partial charge in [0, 0.05) is 12.6 Å². The summed E-state index contributed by atoms with van der Waals surface area (Å²) < 4.78 is 5.46. The molecule has 1 aromatic heterocycles. The lowest BCUT2D eigenvalue weighted by atomic mass is 10.2. The summed E-state index contributed by atoms with van der Waals surface area (Å²) in [4.78, 5) is 15.1. The van der Waals surface area contributed by atoms with E-state index in [1.54, 1.807) is 6.07 Å². The minimum absolute atomic E-state index is 0.124. The normalized spacial score (nSPS) is 12.5. The summed E-state index contributed by atoms with van der Waals surface area (Å²) in [6, 6.07) is 5.05. The van der Waals surface area contributed by atoms with Crippen molar-refractivity contribution in [1.82, 2.24) is 4.98 Å². The molecule has 1 heterocycles. The number of aliphatic hydroxyl groups is 1. The van der Waals surface area contributed by atoms with E-state index in [4.69, 9.17) is 14.6 Å². The summed E-state index contributed by atoms with van der Waals surface area (Å²) >= 11 is 0. The molecule has 1 aromatic carbocycles. The number of aromatic nitrogens is 1. The summed E-state index contributed by atoms with van der Waals surface area (Å²) in [6.45, 7) is 2.12. The molecule has 0 aliphatic heterocycles. The molecule has 6 heteroatoms. The largest absolute Gasteiger partial charge is 0.478 e. The number of nitrogens with one attached hydrogen (secondary N) is 1. The molecule has 0 spiro atoms. The fourth-order valence-corrected chi connectivity index (χ4v) is 1.80. The van der Waals surface area contributed by atoms with Crippen molar-refractivity contribution in [2.75, 3.05) is 11.9 Å². The van der Waals surface area contributed by atoms with Gasteiger partial charge in [-0.25, -0.2) is 4.79 Å². The maximum atomic E-state index is 10.8. The summed E-state index contributed by atoms with van der Waals surface area (Å²) in [5, 5.41) is 20.7. The Balaban J connectivity index is 2.15. The number of benzene rings is 1. The number of fused-ring (bicyclic) bond motifs is 1. The molecule has 0 saturated heterocycles. The standard InChI is InChI=1S/C13H16N2O4/c1-8(3-2-6-16)14-13-15-10-5-4-9(12(17)18)7-11(10)19-13/h4-5,7-8,16H,2-3,6H2,1H3,(H,14,15)(H,17,18). The lowest BCUT2D eigenvalue weighted by Gasteiger charge is -2.10. The van der Waals surface area contributed by atoms with Crippen LogP contribution in [0, 0.1) is 0 Å². The van der Waals surface area contributed by atoms with E-state index in [0.29, 0.717) is 23.5 Å². The monoisotopic (exact) mass is 264 g/mol. The van der Waals surface area contributed by atoms with E-state index in [1.165, 1.54) is 12.1 Å². The first-order chi connectivity index (χ1) is 9.10. The van der Waals surface area contributed by atoms with Crippen molar-refractivity contribution in [3.63, 3.8) is 0 Å². The molecule has 0 radical (unpaired) electrons. The average molecular weight is 264 g/mol. The topological polar surface area (TPSA) is 95.6 Å². The van der Waals surface area contributed by atoms with Gasteiger partial charge < -0.3 is 19.9 Å². The van der Waals surface area contributed by atoms with Gasteiger partial charge in [0.05, 0.1) is 5.56 Å². The van der Waals surface area contributed by atoms with Gasteiger partial charge >= 0.3 is 5.97 Å². The van der Waals surface area contributed by atoms with E-state index in [9.17, 15) is 4.79 Å². The van der Waals surface area contributed by atoms with Gasteiger partial charge in [-0.05, 0) is 38.0 Å². The third-order valence-electron chi connectivity index (χ3n) is 2.80. The highest BCUT2D eigenvalue weighted by atomic mass is 16.4. The number of aliphatic hydroxyl groups excluding tert-OH is 1. The Kier molecular flexibility index (Phi) is 4.01.